The zero-order valence-electron chi connectivity index (χ0n) is 8.59. The summed E-state index contributed by atoms with van der Waals surface area (Å²) < 4.78 is 30.0. The zero-order chi connectivity index (χ0) is 11.4. The van der Waals surface area contributed by atoms with Crippen molar-refractivity contribution in [3.05, 3.63) is 29.3 Å². The second-order valence-electron chi connectivity index (χ2n) is 3.08. The maximum Gasteiger partial charge on any atom is 0.264 e. The first kappa shape index (κ1) is 11.6. The highest BCUT2D eigenvalue weighted by Crippen LogP contribution is 2.25. The molecule has 1 aromatic carbocycles. The molecule has 0 bridgehead atoms. The Kier molecular flexibility index (Phi) is 3.77. The molecule has 0 aliphatic heterocycles. The molecule has 4 heteroatoms. The third kappa shape index (κ3) is 3.01. The molecule has 0 saturated carbocycles. The summed E-state index contributed by atoms with van der Waals surface area (Å²) in [6, 6.07) is 3.91. The van der Waals surface area contributed by atoms with Gasteiger partial charge in [-0.15, -0.1) is 0 Å². The van der Waals surface area contributed by atoms with Gasteiger partial charge in [0.15, 0.2) is 5.78 Å². The topological polar surface area (TPSA) is 26.3 Å². The Hall–Kier alpha value is -1.45. The number of ketones is 1. The van der Waals surface area contributed by atoms with Gasteiger partial charge in [-0.1, -0.05) is 0 Å². The number of carbonyl (C=O) groups excluding carboxylic acids is 1. The number of Topliss-reactive ketones (excluding diaryl/α,β-unsaturated/α-hetero) is 1. The number of alkyl halides is 2. The Labute approximate surface area is 86.9 Å². The van der Waals surface area contributed by atoms with Crippen molar-refractivity contribution in [3.8, 4) is 5.75 Å². The highest BCUT2D eigenvalue weighted by atomic mass is 19.3. The van der Waals surface area contributed by atoms with Crippen molar-refractivity contribution < 1.29 is 18.3 Å². The molecule has 0 amide bonds. The highest BCUT2D eigenvalue weighted by molar-refractivity contribution is 5.94. The van der Waals surface area contributed by atoms with Gasteiger partial charge in [0, 0.05) is 11.1 Å². The summed E-state index contributed by atoms with van der Waals surface area (Å²) in [5.74, 6) is 0.0546. The molecule has 0 saturated heterocycles. The molecule has 0 aliphatic rings. The molecule has 0 spiro atoms. The van der Waals surface area contributed by atoms with E-state index in [1.54, 1.807) is 6.92 Å². The minimum absolute atomic E-state index is 0.189. The SMILES string of the molecule is CCOc1cc(C(C)=O)cc(C(F)F)c1. The van der Waals surface area contributed by atoms with Crippen LogP contribution in [0.15, 0.2) is 18.2 Å². The van der Waals surface area contributed by atoms with Crippen molar-refractivity contribution >= 4 is 5.78 Å². The van der Waals surface area contributed by atoms with Gasteiger partial charge in [-0.2, -0.15) is 0 Å². The van der Waals surface area contributed by atoms with Crippen molar-refractivity contribution in [2.75, 3.05) is 6.61 Å². The van der Waals surface area contributed by atoms with Gasteiger partial charge in [0.05, 0.1) is 6.61 Å². The fourth-order valence-electron chi connectivity index (χ4n) is 1.20. The normalized spacial score (nSPS) is 10.5. The van der Waals surface area contributed by atoms with Crippen LogP contribution in [0.25, 0.3) is 0 Å². The number of benzene rings is 1. The molecule has 1 rings (SSSR count). The van der Waals surface area contributed by atoms with Crippen LogP contribution >= 0.6 is 0 Å². The van der Waals surface area contributed by atoms with Crippen LogP contribution in [0.4, 0.5) is 8.78 Å². The van der Waals surface area contributed by atoms with E-state index < -0.39 is 6.43 Å². The minimum atomic E-state index is -2.59. The molecule has 0 aromatic heterocycles. The highest BCUT2D eigenvalue weighted by Gasteiger charge is 2.12. The zero-order valence-corrected chi connectivity index (χ0v) is 8.59. The van der Waals surface area contributed by atoms with Crippen molar-refractivity contribution in [3.63, 3.8) is 0 Å². The number of hydrogen-bond donors (Lipinski definition) is 0. The molecule has 0 N–H and O–H groups in total. The maximum absolute atomic E-state index is 12.5. The molecule has 2 nitrogen and oxygen atoms in total. The molecule has 0 unspecified atom stereocenters. The molecule has 0 fully saturated rings. The van der Waals surface area contributed by atoms with Crippen molar-refractivity contribution in [1.82, 2.24) is 0 Å². The maximum atomic E-state index is 12.5. The number of ether oxygens (including phenoxy) is 1. The van der Waals surface area contributed by atoms with Crippen LogP contribution < -0.4 is 4.74 Å². The van der Waals surface area contributed by atoms with Gasteiger partial charge in [-0.25, -0.2) is 8.78 Å². The third-order valence-electron chi connectivity index (χ3n) is 1.90. The van der Waals surface area contributed by atoms with Gasteiger partial charge < -0.3 is 4.74 Å². The molecular formula is C11H12F2O2. The molecule has 82 valence electrons. The first-order chi connectivity index (χ1) is 7.04. The third-order valence-corrected chi connectivity index (χ3v) is 1.90. The monoisotopic (exact) mass is 214 g/mol. The summed E-state index contributed by atoms with van der Waals surface area (Å²) in [6.45, 7) is 3.47. The fraction of sp³-hybridized carbons (Fsp3) is 0.364. The predicted molar refractivity (Wildman–Crippen MR) is 52.6 cm³/mol. The summed E-state index contributed by atoms with van der Waals surface area (Å²) >= 11 is 0. The van der Waals surface area contributed by atoms with Crippen LogP contribution in [0.1, 0.15) is 36.2 Å². The van der Waals surface area contributed by atoms with Gasteiger partial charge >= 0.3 is 0 Å². The Morgan fingerprint density at radius 1 is 1.40 bits per heavy atom. The molecule has 0 heterocycles. The van der Waals surface area contributed by atoms with Crippen LogP contribution in [-0.2, 0) is 0 Å². The molecule has 0 atom stereocenters. The molecule has 0 aliphatic carbocycles. The van der Waals surface area contributed by atoms with Crippen molar-refractivity contribution in [2.45, 2.75) is 20.3 Å². The summed E-state index contributed by atoms with van der Waals surface area (Å²) in [5, 5.41) is 0. The number of carbonyl (C=O) groups is 1. The van der Waals surface area contributed by atoms with E-state index in [0.717, 1.165) is 0 Å². The first-order valence-corrected chi connectivity index (χ1v) is 4.61. The van der Waals surface area contributed by atoms with E-state index in [0.29, 0.717) is 12.4 Å². The van der Waals surface area contributed by atoms with Crippen LogP contribution in [0, 0.1) is 0 Å². The van der Waals surface area contributed by atoms with Crippen LogP contribution in [0.5, 0.6) is 5.75 Å². The molecule has 0 radical (unpaired) electrons. The van der Waals surface area contributed by atoms with Gasteiger partial charge in [0.1, 0.15) is 5.75 Å². The van der Waals surface area contributed by atoms with E-state index in [1.165, 1.54) is 25.1 Å². The molecule has 15 heavy (non-hydrogen) atoms. The number of hydrogen-bond acceptors (Lipinski definition) is 2. The van der Waals surface area contributed by atoms with Crippen molar-refractivity contribution in [2.24, 2.45) is 0 Å². The van der Waals surface area contributed by atoms with Crippen LogP contribution in [0.2, 0.25) is 0 Å². The Bertz CT molecular complexity index is 362. The first-order valence-electron chi connectivity index (χ1n) is 4.61. The van der Waals surface area contributed by atoms with Crippen LogP contribution in [0.3, 0.4) is 0 Å². The van der Waals surface area contributed by atoms with Gasteiger partial charge in [-0.3, -0.25) is 4.79 Å². The van der Waals surface area contributed by atoms with Crippen molar-refractivity contribution in [1.29, 1.82) is 0 Å². The average molecular weight is 214 g/mol. The van der Waals surface area contributed by atoms with Gasteiger partial charge in [0.25, 0.3) is 6.43 Å². The lowest BCUT2D eigenvalue weighted by atomic mass is 10.1. The largest absolute Gasteiger partial charge is 0.494 e. The fourth-order valence-corrected chi connectivity index (χ4v) is 1.20. The summed E-state index contributed by atoms with van der Waals surface area (Å²) in [6.07, 6.45) is -2.59. The second-order valence-corrected chi connectivity index (χ2v) is 3.08. The van der Waals surface area contributed by atoms with E-state index >= 15 is 0 Å². The lowest BCUT2D eigenvalue weighted by Crippen LogP contribution is -1.99. The summed E-state index contributed by atoms with van der Waals surface area (Å²) in [7, 11) is 0. The van der Waals surface area contributed by atoms with E-state index in [9.17, 15) is 13.6 Å². The second kappa shape index (κ2) is 4.87. The van der Waals surface area contributed by atoms with Gasteiger partial charge in [0.2, 0.25) is 0 Å². The Morgan fingerprint density at radius 3 is 2.53 bits per heavy atom. The standard InChI is InChI=1S/C11H12F2O2/c1-3-15-10-5-8(7(2)14)4-9(6-10)11(12)13/h4-6,11H,3H2,1-2H3. The number of rotatable bonds is 4. The average Bonchev–Trinajstić information content (AvgIpc) is 2.17. The lowest BCUT2D eigenvalue weighted by Gasteiger charge is -2.08. The quantitative estimate of drug-likeness (QED) is 0.719. The van der Waals surface area contributed by atoms with E-state index in [-0.39, 0.29) is 16.9 Å². The van der Waals surface area contributed by atoms with E-state index in [1.807, 2.05) is 0 Å². The summed E-state index contributed by atoms with van der Waals surface area (Å²) in [5.41, 5.74) is 0.0578. The Morgan fingerprint density at radius 2 is 2.07 bits per heavy atom. The summed E-state index contributed by atoms with van der Waals surface area (Å²) in [4.78, 5) is 11.1. The number of halogens is 2. The van der Waals surface area contributed by atoms with Crippen LogP contribution in [-0.4, -0.2) is 12.4 Å². The lowest BCUT2D eigenvalue weighted by molar-refractivity contribution is 0.101. The Balaban J connectivity index is 3.14. The smallest absolute Gasteiger partial charge is 0.264 e. The van der Waals surface area contributed by atoms with E-state index in [4.69, 9.17) is 4.74 Å². The van der Waals surface area contributed by atoms with E-state index in [2.05, 4.69) is 0 Å². The molecule has 1 aromatic rings. The predicted octanol–water partition coefficient (Wildman–Crippen LogP) is 3.23. The minimum Gasteiger partial charge on any atom is -0.494 e. The molecular weight excluding hydrogens is 202 g/mol. The van der Waals surface area contributed by atoms with Gasteiger partial charge in [-0.05, 0) is 32.0 Å².